The Kier molecular flexibility index (Phi) is 2.39. The molecule has 1 aliphatic rings. The molecule has 68 valence electrons. The Morgan fingerprint density at radius 3 is 2.92 bits per heavy atom. The zero-order valence-corrected chi connectivity index (χ0v) is 9.78. The van der Waals surface area contributed by atoms with Crippen LogP contribution in [0.5, 0.6) is 0 Å². The maximum Gasteiger partial charge on any atom is 0.0824 e. The number of rotatable bonds is 0. The molecule has 0 saturated heterocycles. The molecule has 0 aliphatic carbocycles. The van der Waals surface area contributed by atoms with Crippen molar-refractivity contribution < 1.29 is 0 Å². The van der Waals surface area contributed by atoms with Crippen LogP contribution in [0.1, 0.15) is 12.0 Å². The van der Waals surface area contributed by atoms with E-state index in [9.17, 15) is 0 Å². The Bertz CT molecular complexity index is 362. The molecule has 1 heterocycles. The molecule has 0 saturated carbocycles. The molecule has 3 heteroatoms. The van der Waals surface area contributed by atoms with Crippen molar-refractivity contribution in [1.82, 2.24) is 0 Å². The number of fused-ring (bicyclic) bond motifs is 1. The van der Waals surface area contributed by atoms with Crippen molar-refractivity contribution >= 4 is 38.8 Å². The lowest BCUT2D eigenvalue weighted by atomic mass is 10.0. The summed E-state index contributed by atoms with van der Waals surface area (Å²) in [6.07, 6.45) is 2.06. The molecule has 1 aliphatic heterocycles. The van der Waals surface area contributed by atoms with Crippen LogP contribution >= 0.6 is 28.1 Å². The maximum absolute atomic E-state index is 5.27. The van der Waals surface area contributed by atoms with Gasteiger partial charge in [0.2, 0.25) is 0 Å². The fraction of sp³-hybridized carbons (Fsp3) is 0.300. The van der Waals surface area contributed by atoms with Gasteiger partial charge in [0.15, 0.2) is 0 Å². The summed E-state index contributed by atoms with van der Waals surface area (Å²) in [5.74, 6) is 0. The summed E-state index contributed by atoms with van der Waals surface area (Å²) in [6, 6.07) is 6.30. The third-order valence-corrected chi connectivity index (χ3v) is 3.51. The first-order valence-corrected chi connectivity index (χ1v) is 5.44. The Morgan fingerprint density at radius 1 is 1.38 bits per heavy atom. The quantitative estimate of drug-likeness (QED) is 0.656. The highest BCUT2D eigenvalue weighted by Crippen LogP contribution is 2.34. The van der Waals surface area contributed by atoms with E-state index < -0.39 is 0 Å². The summed E-state index contributed by atoms with van der Waals surface area (Å²) in [5.41, 5.74) is 2.62. The van der Waals surface area contributed by atoms with E-state index in [0.717, 1.165) is 22.3 Å². The second-order valence-corrected chi connectivity index (χ2v) is 4.53. The average molecular weight is 256 g/mol. The maximum atomic E-state index is 5.27. The molecule has 0 atom stereocenters. The van der Waals surface area contributed by atoms with E-state index in [1.165, 1.54) is 11.3 Å². The number of thiocarbonyl (C=S) groups is 1. The Labute approximate surface area is 91.9 Å². The fourth-order valence-corrected chi connectivity index (χ4v) is 2.54. The summed E-state index contributed by atoms with van der Waals surface area (Å²) in [7, 11) is 2.03. The molecule has 0 fully saturated rings. The van der Waals surface area contributed by atoms with E-state index in [1.807, 2.05) is 7.05 Å². The predicted octanol–water partition coefficient (Wildman–Crippen LogP) is 3.16. The van der Waals surface area contributed by atoms with Crippen LogP contribution in [0.15, 0.2) is 22.7 Å². The van der Waals surface area contributed by atoms with Crippen molar-refractivity contribution in [2.45, 2.75) is 12.8 Å². The molecule has 0 unspecified atom stereocenters. The first-order chi connectivity index (χ1) is 6.20. The zero-order valence-electron chi connectivity index (χ0n) is 7.38. The lowest BCUT2D eigenvalue weighted by molar-refractivity contribution is 0.973. The summed E-state index contributed by atoms with van der Waals surface area (Å²) in [4.78, 5) is 3.12. The number of nitrogens with zero attached hydrogens (tertiary/aromatic N) is 1. The predicted molar refractivity (Wildman–Crippen MR) is 63.5 cm³/mol. The van der Waals surface area contributed by atoms with Gasteiger partial charge in [0, 0.05) is 17.9 Å². The minimum absolute atomic E-state index is 0.995. The van der Waals surface area contributed by atoms with Crippen molar-refractivity contribution in [1.29, 1.82) is 0 Å². The van der Waals surface area contributed by atoms with Crippen molar-refractivity contribution in [3.63, 3.8) is 0 Å². The van der Waals surface area contributed by atoms with E-state index >= 15 is 0 Å². The molecule has 0 radical (unpaired) electrons. The van der Waals surface area contributed by atoms with Gasteiger partial charge >= 0.3 is 0 Å². The number of halogens is 1. The summed E-state index contributed by atoms with van der Waals surface area (Å²) in [6.45, 7) is 0. The lowest BCUT2D eigenvalue weighted by Gasteiger charge is -2.29. The highest BCUT2D eigenvalue weighted by Gasteiger charge is 2.19. The molecular weight excluding hydrogens is 246 g/mol. The Hall–Kier alpha value is -0.410. The van der Waals surface area contributed by atoms with Crippen LogP contribution in [0.4, 0.5) is 5.69 Å². The van der Waals surface area contributed by atoms with E-state index in [1.54, 1.807) is 0 Å². The van der Waals surface area contributed by atoms with Gasteiger partial charge in [-0.25, -0.2) is 0 Å². The number of hydrogen-bond acceptors (Lipinski definition) is 1. The molecule has 2 rings (SSSR count). The van der Waals surface area contributed by atoms with Crippen molar-refractivity contribution in [2.75, 3.05) is 11.9 Å². The molecule has 13 heavy (non-hydrogen) atoms. The van der Waals surface area contributed by atoms with Crippen LogP contribution in [0, 0.1) is 0 Å². The Morgan fingerprint density at radius 2 is 2.15 bits per heavy atom. The van der Waals surface area contributed by atoms with E-state index in [0.29, 0.717) is 0 Å². The SMILES string of the molecule is CN1C(=S)CCc2cccc(Br)c21. The van der Waals surface area contributed by atoms with Crippen LogP contribution in [0.2, 0.25) is 0 Å². The van der Waals surface area contributed by atoms with Gasteiger partial charge in [0.25, 0.3) is 0 Å². The molecule has 0 bridgehead atoms. The van der Waals surface area contributed by atoms with Crippen molar-refractivity contribution in [3.8, 4) is 0 Å². The van der Waals surface area contributed by atoms with Gasteiger partial charge in [0.1, 0.15) is 0 Å². The minimum Gasteiger partial charge on any atom is -0.338 e. The molecule has 1 aromatic carbocycles. The zero-order chi connectivity index (χ0) is 9.42. The molecule has 0 N–H and O–H groups in total. The molecule has 0 spiro atoms. The largest absolute Gasteiger partial charge is 0.338 e. The molecule has 1 aromatic rings. The lowest BCUT2D eigenvalue weighted by Crippen LogP contribution is -2.29. The van der Waals surface area contributed by atoms with E-state index in [4.69, 9.17) is 12.2 Å². The van der Waals surface area contributed by atoms with Crippen LogP contribution in [0.25, 0.3) is 0 Å². The molecule has 0 aromatic heterocycles. The van der Waals surface area contributed by atoms with E-state index in [-0.39, 0.29) is 0 Å². The van der Waals surface area contributed by atoms with Crippen LogP contribution in [0.3, 0.4) is 0 Å². The first-order valence-electron chi connectivity index (χ1n) is 4.24. The summed E-state index contributed by atoms with van der Waals surface area (Å²) < 4.78 is 1.13. The van der Waals surface area contributed by atoms with Gasteiger partial charge in [-0.15, -0.1) is 0 Å². The number of para-hydroxylation sites is 1. The van der Waals surface area contributed by atoms with Gasteiger partial charge in [0.05, 0.1) is 10.7 Å². The van der Waals surface area contributed by atoms with Crippen LogP contribution < -0.4 is 4.90 Å². The highest BCUT2D eigenvalue weighted by atomic mass is 79.9. The third kappa shape index (κ3) is 1.51. The van der Waals surface area contributed by atoms with Crippen LogP contribution in [-0.2, 0) is 6.42 Å². The second-order valence-electron chi connectivity index (χ2n) is 3.20. The number of aryl methyl sites for hydroxylation is 1. The highest BCUT2D eigenvalue weighted by molar-refractivity contribution is 9.10. The normalized spacial score (nSPS) is 15.8. The first kappa shape index (κ1) is 9.16. The fourth-order valence-electron chi connectivity index (χ4n) is 1.67. The van der Waals surface area contributed by atoms with Gasteiger partial charge < -0.3 is 4.90 Å². The van der Waals surface area contributed by atoms with Crippen LogP contribution in [-0.4, -0.2) is 12.0 Å². The van der Waals surface area contributed by atoms with Crippen molar-refractivity contribution in [3.05, 3.63) is 28.2 Å². The van der Waals surface area contributed by atoms with Gasteiger partial charge in [-0.1, -0.05) is 24.4 Å². The molecule has 1 nitrogen and oxygen atoms in total. The van der Waals surface area contributed by atoms with E-state index in [2.05, 4.69) is 39.0 Å². The number of anilines is 1. The monoisotopic (exact) mass is 255 g/mol. The minimum atomic E-state index is 0.995. The van der Waals surface area contributed by atoms with Gasteiger partial charge in [-0.3, -0.25) is 0 Å². The molecular formula is C10H10BrNS. The smallest absolute Gasteiger partial charge is 0.0824 e. The second kappa shape index (κ2) is 3.39. The van der Waals surface area contributed by atoms with Gasteiger partial charge in [-0.2, -0.15) is 0 Å². The third-order valence-electron chi connectivity index (χ3n) is 2.39. The number of benzene rings is 1. The summed E-state index contributed by atoms with van der Waals surface area (Å²) >= 11 is 8.82. The summed E-state index contributed by atoms with van der Waals surface area (Å²) in [5, 5.41) is 0. The molecule has 0 amide bonds. The topological polar surface area (TPSA) is 3.24 Å². The van der Waals surface area contributed by atoms with Gasteiger partial charge in [-0.05, 0) is 34.0 Å². The average Bonchev–Trinajstić information content (AvgIpc) is 2.12. The number of hydrogen-bond donors (Lipinski definition) is 0. The Balaban J connectivity index is 2.57. The van der Waals surface area contributed by atoms with Crippen molar-refractivity contribution in [2.24, 2.45) is 0 Å². The standard InChI is InChI=1S/C10H10BrNS/c1-12-9(13)6-5-7-3-2-4-8(11)10(7)12/h2-4H,5-6H2,1H3.